The average Bonchev–Trinajstić information content (AvgIpc) is 2.93. The summed E-state index contributed by atoms with van der Waals surface area (Å²) in [4.78, 5) is 3.79. The van der Waals surface area contributed by atoms with Gasteiger partial charge in [-0.1, -0.05) is 28.1 Å². The molecule has 1 aromatic heterocycles. The fraction of sp³-hybridized carbons (Fsp3) is 0.375. The highest BCUT2D eigenvalue weighted by Crippen LogP contribution is 2.27. The number of benzene rings is 1. The molecule has 2 nitrogen and oxygen atoms in total. The van der Waals surface area contributed by atoms with Crippen LogP contribution in [-0.4, -0.2) is 19.6 Å². The molecule has 4 heteroatoms. The first-order chi connectivity index (χ1) is 9.61. The van der Waals surface area contributed by atoms with Crippen molar-refractivity contribution in [2.45, 2.75) is 25.8 Å². The zero-order valence-corrected chi connectivity index (χ0v) is 14.4. The lowest BCUT2D eigenvalue weighted by atomic mass is 10.1. The molecule has 1 atom stereocenters. The molecule has 2 aromatic rings. The molecule has 0 aliphatic heterocycles. The van der Waals surface area contributed by atoms with E-state index in [4.69, 9.17) is 5.73 Å². The maximum Gasteiger partial charge on any atom is 0.0410 e. The lowest BCUT2D eigenvalue weighted by molar-refractivity contribution is 0.684. The van der Waals surface area contributed by atoms with Gasteiger partial charge in [-0.3, -0.25) is 0 Å². The second-order valence-electron chi connectivity index (χ2n) is 5.06. The molecule has 0 aliphatic rings. The number of anilines is 1. The molecule has 0 radical (unpaired) electrons. The minimum atomic E-state index is 0.458. The van der Waals surface area contributed by atoms with Crippen LogP contribution < -0.4 is 10.6 Å². The minimum absolute atomic E-state index is 0.458. The van der Waals surface area contributed by atoms with Crippen molar-refractivity contribution < 1.29 is 0 Å². The Bertz CT molecular complexity index is 539. The van der Waals surface area contributed by atoms with Gasteiger partial charge < -0.3 is 10.6 Å². The Morgan fingerprint density at radius 3 is 2.80 bits per heavy atom. The molecule has 1 aromatic carbocycles. The SMILES string of the molecule is CC(Cc1cccs1)N(C)c1cc(Br)ccc1CCN. The van der Waals surface area contributed by atoms with E-state index in [1.807, 2.05) is 11.3 Å². The molecule has 0 saturated carbocycles. The summed E-state index contributed by atoms with van der Waals surface area (Å²) in [7, 11) is 2.17. The van der Waals surface area contributed by atoms with E-state index >= 15 is 0 Å². The van der Waals surface area contributed by atoms with Gasteiger partial charge in [-0.2, -0.15) is 0 Å². The summed E-state index contributed by atoms with van der Waals surface area (Å²) in [5.74, 6) is 0. The second-order valence-corrected chi connectivity index (χ2v) is 7.00. The van der Waals surface area contributed by atoms with Crippen LogP contribution in [0.15, 0.2) is 40.2 Å². The Balaban J connectivity index is 2.18. The molecule has 0 spiro atoms. The maximum absolute atomic E-state index is 5.72. The number of halogens is 1. The van der Waals surface area contributed by atoms with E-state index in [0.29, 0.717) is 12.6 Å². The normalized spacial score (nSPS) is 12.4. The molecule has 0 amide bonds. The summed E-state index contributed by atoms with van der Waals surface area (Å²) >= 11 is 5.40. The fourth-order valence-corrected chi connectivity index (χ4v) is 3.50. The zero-order valence-electron chi connectivity index (χ0n) is 12.0. The average molecular weight is 353 g/mol. The molecule has 1 unspecified atom stereocenters. The first kappa shape index (κ1) is 15.5. The Morgan fingerprint density at radius 1 is 1.35 bits per heavy atom. The third kappa shape index (κ3) is 3.84. The third-order valence-electron chi connectivity index (χ3n) is 3.58. The van der Waals surface area contributed by atoms with E-state index in [2.05, 4.69) is 70.5 Å². The van der Waals surface area contributed by atoms with Gasteiger partial charge in [0.05, 0.1) is 0 Å². The largest absolute Gasteiger partial charge is 0.371 e. The van der Waals surface area contributed by atoms with E-state index in [1.165, 1.54) is 16.1 Å². The molecule has 1 heterocycles. The van der Waals surface area contributed by atoms with Gasteiger partial charge in [-0.25, -0.2) is 0 Å². The lowest BCUT2D eigenvalue weighted by Crippen LogP contribution is -2.31. The van der Waals surface area contributed by atoms with Crippen molar-refractivity contribution >= 4 is 33.0 Å². The van der Waals surface area contributed by atoms with Crippen molar-refractivity contribution in [1.82, 2.24) is 0 Å². The molecule has 0 saturated heterocycles. The van der Waals surface area contributed by atoms with E-state index < -0.39 is 0 Å². The highest BCUT2D eigenvalue weighted by Gasteiger charge is 2.14. The zero-order chi connectivity index (χ0) is 14.5. The number of thiophene rings is 1. The number of likely N-dealkylation sites (N-methyl/N-ethyl adjacent to an activating group) is 1. The predicted octanol–water partition coefficient (Wildman–Crippen LogP) is 4.08. The first-order valence-corrected chi connectivity index (χ1v) is 8.52. The van der Waals surface area contributed by atoms with Crippen molar-refractivity contribution in [3.8, 4) is 0 Å². The summed E-state index contributed by atoms with van der Waals surface area (Å²) in [6.45, 7) is 2.95. The molecule has 2 rings (SSSR count). The van der Waals surface area contributed by atoms with E-state index in [9.17, 15) is 0 Å². The highest BCUT2D eigenvalue weighted by atomic mass is 79.9. The summed E-state index contributed by atoms with van der Waals surface area (Å²) < 4.78 is 1.11. The minimum Gasteiger partial charge on any atom is -0.371 e. The van der Waals surface area contributed by atoms with Gasteiger partial charge in [0.2, 0.25) is 0 Å². The molecule has 20 heavy (non-hydrogen) atoms. The van der Waals surface area contributed by atoms with Crippen molar-refractivity contribution in [3.05, 3.63) is 50.6 Å². The Hall–Kier alpha value is -0.840. The van der Waals surface area contributed by atoms with Gasteiger partial charge in [0.1, 0.15) is 0 Å². The van der Waals surface area contributed by atoms with Crippen LogP contribution in [0.1, 0.15) is 17.4 Å². The molecule has 2 N–H and O–H groups in total. The fourth-order valence-electron chi connectivity index (χ4n) is 2.33. The number of nitrogens with zero attached hydrogens (tertiary/aromatic N) is 1. The topological polar surface area (TPSA) is 29.3 Å². The van der Waals surface area contributed by atoms with Crippen molar-refractivity contribution in [2.75, 3.05) is 18.5 Å². The summed E-state index contributed by atoms with van der Waals surface area (Å²) in [6.07, 6.45) is 1.99. The van der Waals surface area contributed by atoms with Crippen LogP contribution in [0.5, 0.6) is 0 Å². The maximum atomic E-state index is 5.72. The van der Waals surface area contributed by atoms with Crippen molar-refractivity contribution in [1.29, 1.82) is 0 Å². The van der Waals surface area contributed by atoms with E-state index in [-0.39, 0.29) is 0 Å². The van der Waals surface area contributed by atoms with Gasteiger partial charge in [-0.15, -0.1) is 11.3 Å². The monoisotopic (exact) mass is 352 g/mol. The van der Waals surface area contributed by atoms with Crippen LogP contribution in [0.4, 0.5) is 5.69 Å². The third-order valence-corrected chi connectivity index (χ3v) is 4.97. The number of hydrogen-bond donors (Lipinski definition) is 1. The Morgan fingerprint density at radius 2 is 2.15 bits per heavy atom. The summed E-state index contributed by atoms with van der Waals surface area (Å²) in [5, 5.41) is 2.14. The van der Waals surface area contributed by atoms with Crippen LogP contribution >= 0.6 is 27.3 Å². The number of rotatable bonds is 6. The van der Waals surface area contributed by atoms with Crippen LogP contribution in [0, 0.1) is 0 Å². The van der Waals surface area contributed by atoms with Gasteiger partial charge >= 0.3 is 0 Å². The molecule has 0 fully saturated rings. The number of hydrogen-bond acceptors (Lipinski definition) is 3. The van der Waals surface area contributed by atoms with Gasteiger partial charge in [0, 0.05) is 34.5 Å². The van der Waals surface area contributed by atoms with Gasteiger partial charge in [0.25, 0.3) is 0 Å². The molecule has 0 aliphatic carbocycles. The van der Waals surface area contributed by atoms with Crippen LogP contribution in [0.25, 0.3) is 0 Å². The van der Waals surface area contributed by atoms with Crippen molar-refractivity contribution in [2.24, 2.45) is 5.73 Å². The molecule has 0 bridgehead atoms. The molecular weight excluding hydrogens is 332 g/mol. The quantitative estimate of drug-likeness (QED) is 0.848. The lowest BCUT2D eigenvalue weighted by Gasteiger charge is -2.29. The van der Waals surface area contributed by atoms with Gasteiger partial charge in [0.15, 0.2) is 0 Å². The highest BCUT2D eigenvalue weighted by molar-refractivity contribution is 9.10. The van der Waals surface area contributed by atoms with E-state index in [1.54, 1.807) is 0 Å². The molecular formula is C16H21BrN2S. The summed E-state index contributed by atoms with van der Waals surface area (Å²) in [5.41, 5.74) is 8.31. The second kappa shape index (κ2) is 7.25. The Labute approximate surface area is 133 Å². The summed E-state index contributed by atoms with van der Waals surface area (Å²) in [6, 6.07) is 11.2. The Kier molecular flexibility index (Phi) is 5.64. The van der Waals surface area contributed by atoms with E-state index in [0.717, 1.165) is 17.3 Å². The first-order valence-electron chi connectivity index (χ1n) is 6.85. The van der Waals surface area contributed by atoms with Crippen LogP contribution in [-0.2, 0) is 12.8 Å². The molecule has 108 valence electrons. The predicted molar refractivity (Wildman–Crippen MR) is 92.8 cm³/mol. The smallest absolute Gasteiger partial charge is 0.0410 e. The number of nitrogens with two attached hydrogens (primary N) is 1. The van der Waals surface area contributed by atoms with Crippen LogP contribution in [0.2, 0.25) is 0 Å². The van der Waals surface area contributed by atoms with Crippen LogP contribution in [0.3, 0.4) is 0 Å². The standard InChI is InChI=1S/C16H21BrN2S/c1-12(10-15-4-3-9-20-15)19(2)16-11-14(17)6-5-13(16)7-8-18/h3-6,9,11-12H,7-8,10,18H2,1-2H3. The van der Waals surface area contributed by atoms with Crippen molar-refractivity contribution in [3.63, 3.8) is 0 Å². The van der Waals surface area contributed by atoms with Gasteiger partial charge in [-0.05, 0) is 49.0 Å².